The maximum absolute atomic E-state index is 5.86. The van der Waals surface area contributed by atoms with Crippen LogP contribution in [-0.2, 0) is 6.54 Å². The highest BCUT2D eigenvalue weighted by molar-refractivity contribution is 9.10. The van der Waals surface area contributed by atoms with Gasteiger partial charge in [0.1, 0.15) is 0 Å². The van der Waals surface area contributed by atoms with Gasteiger partial charge in [0, 0.05) is 30.1 Å². The Morgan fingerprint density at radius 1 is 1.47 bits per heavy atom. The van der Waals surface area contributed by atoms with Crippen LogP contribution in [0.25, 0.3) is 0 Å². The molecular weight excluding hydrogens is 275 g/mol. The van der Waals surface area contributed by atoms with Crippen LogP contribution in [0.5, 0.6) is 0 Å². The predicted octanol–water partition coefficient (Wildman–Crippen LogP) is 2.40. The maximum atomic E-state index is 5.86. The highest BCUT2D eigenvalue weighted by Crippen LogP contribution is 2.16. The average molecular weight is 292 g/mol. The van der Waals surface area contributed by atoms with Crippen molar-refractivity contribution in [1.82, 2.24) is 4.90 Å². The normalized spacial score (nSPS) is 21.3. The van der Waals surface area contributed by atoms with E-state index in [1.165, 1.54) is 5.56 Å². The second-order valence-corrected chi connectivity index (χ2v) is 4.83. The van der Waals surface area contributed by atoms with Gasteiger partial charge in [-0.1, -0.05) is 28.1 Å². The monoisotopic (exact) mass is 290 g/mol. The number of hydrogen-bond acceptors (Lipinski definition) is 2. The second kappa shape index (κ2) is 5.85. The molecule has 15 heavy (non-hydrogen) atoms. The quantitative estimate of drug-likeness (QED) is 0.907. The van der Waals surface area contributed by atoms with Crippen molar-refractivity contribution >= 4 is 28.3 Å². The van der Waals surface area contributed by atoms with Gasteiger partial charge in [-0.3, -0.25) is 4.90 Å². The number of hydrogen-bond donors (Lipinski definition) is 1. The summed E-state index contributed by atoms with van der Waals surface area (Å²) in [4.78, 5) is 2.41. The molecule has 1 aromatic carbocycles. The van der Waals surface area contributed by atoms with Crippen LogP contribution in [0.1, 0.15) is 12.0 Å². The van der Waals surface area contributed by atoms with Crippen molar-refractivity contribution in [3.05, 3.63) is 34.3 Å². The van der Waals surface area contributed by atoms with Gasteiger partial charge in [0.25, 0.3) is 0 Å². The summed E-state index contributed by atoms with van der Waals surface area (Å²) in [6, 6.07) is 8.84. The fraction of sp³-hybridized carbons (Fsp3) is 0.455. The number of halogens is 2. The van der Waals surface area contributed by atoms with Crippen molar-refractivity contribution in [3.8, 4) is 0 Å². The summed E-state index contributed by atoms with van der Waals surface area (Å²) >= 11 is 3.48. The molecule has 2 rings (SSSR count). The molecule has 1 saturated heterocycles. The first-order valence-corrected chi connectivity index (χ1v) is 5.76. The molecule has 2 nitrogen and oxygen atoms in total. The molecule has 2 N–H and O–H groups in total. The van der Waals surface area contributed by atoms with Gasteiger partial charge < -0.3 is 5.73 Å². The molecule has 84 valence electrons. The van der Waals surface area contributed by atoms with Gasteiger partial charge in [0.15, 0.2) is 0 Å². The van der Waals surface area contributed by atoms with Crippen molar-refractivity contribution in [3.63, 3.8) is 0 Å². The molecule has 0 radical (unpaired) electrons. The van der Waals surface area contributed by atoms with Gasteiger partial charge >= 0.3 is 0 Å². The van der Waals surface area contributed by atoms with Gasteiger partial charge in [-0.15, -0.1) is 12.4 Å². The van der Waals surface area contributed by atoms with Crippen LogP contribution in [0.2, 0.25) is 0 Å². The van der Waals surface area contributed by atoms with E-state index in [1.54, 1.807) is 0 Å². The SMILES string of the molecule is Cl.NC1CCN(Cc2cccc(Br)c2)C1. The van der Waals surface area contributed by atoms with Gasteiger partial charge in [0.05, 0.1) is 0 Å². The van der Waals surface area contributed by atoms with Crippen molar-refractivity contribution < 1.29 is 0 Å². The molecule has 0 spiro atoms. The van der Waals surface area contributed by atoms with E-state index in [0.717, 1.165) is 30.5 Å². The Balaban J connectivity index is 0.00000112. The molecule has 0 amide bonds. The molecular formula is C11H16BrClN2. The molecule has 0 aliphatic carbocycles. The first kappa shape index (κ1) is 13.0. The van der Waals surface area contributed by atoms with E-state index in [4.69, 9.17) is 5.73 Å². The molecule has 0 saturated carbocycles. The van der Waals surface area contributed by atoms with E-state index in [2.05, 4.69) is 45.1 Å². The standard InChI is InChI=1S/C11H15BrN2.ClH/c12-10-3-1-2-9(6-10)7-14-5-4-11(13)8-14;/h1-3,6,11H,4-5,7-8,13H2;1H. The van der Waals surface area contributed by atoms with Crippen molar-refractivity contribution in [2.24, 2.45) is 5.73 Å². The minimum Gasteiger partial charge on any atom is -0.326 e. The third-order valence-electron chi connectivity index (χ3n) is 2.60. The molecule has 1 aromatic rings. The van der Waals surface area contributed by atoms with Gasteiger partial charge in [-0.2, -0.15) is 0 Å². The molecule has 1 unspecified atom stereocenters. The summed E-state index contributed by atoms with van der Waals surface area (Å²) in [5.41, 5.74) is 7.21. The Morgan fingerprint density at radius 2 is 2.27 bits per heavy atom. The Hall–Kier alpha value is -0.0900. The van der Waals surface area contributed by atoms with Crippen LogP contribution >= 0.6 is 28.3 Å². The van der Waals surface area contributed by atoms with Crippen LogP contribution < -0.4 is 5.73 Å². The van der Waals surface area contributed by atoms with E-state index in [-0.39, 0.29) is 12.4 Å². The van der Waals surface area contributed by atoms with Gasteiger partial charge in [0.2, 0.25) is 0 Å². The average Bonchev–Trinajstić information content (AvgIpc) is 2.51. The van der Waals surface area contributed by atoms with E-state index in [1.807, 2.05) is 0 Å². The Morgan fingerprint density at radius 3 is 2.87 bits per heavy atom. The summed E-state index contributed by atoms with van der Waals surface area (Å²) in [6.45, 7) is 3.19. The van der Waals surface area contributed by atoms with Gasteiger partial charge in [-0.05, 0) is 24.1 Å². The summed E-state index contributed by atoms with van der Waals surface area (Å²) in [7, 11) is 0. The fourth-order valence-electron chi connectivity index (χ4n) is 1.90. The van der Waals surface area contributed by atoms with E-state index < -0.39 is 0 Å². The number of rotatable bonds is 2. The van der Waals surface area contributed by atoms with Crippen LogP contribution in [0, 0.1) is 0 Å². The van der Waals surface area contributed by atoms with Crippen molar-refractivity contribution in [1.29, 1.82) is 0 Å². The van der Waals surface area contributed by atoms with Crippen LogP contribution in [0.4, 0.5) is 0 Å². The molecule has 1 atom stereocenters. The highest BCUT2D eigenvalue weighted by Gasteiger charge is 2.18. The third-order valence-corrected chi connectivity index (χ3v) is 3.10. The van der Waals surface area contributed by atoms with Gasteiger partial charge in [-0.25, -0.2) is 0 Å². The fourth-order valence-corrected chi connectivity index (χ4v) is 2.35. The molecule has 4 heteroatoms. The molecule has 1 heterocycles. The van der Waals surface area contributed by atoms with E-state index in [0.29, 0.717) is 6.04 Å². The highest BCUT2D eigenvalue weighted by atomic mass is 79.9. The third kappa shape index (κ3) is 3.76. The summed E-state index contributed by atoms with van der Waals surface area (Å²) in [6.07, 6.45) is 1.13. The Kier molecular flexibility index (Phi) is 5.06. The number of nitrogens with two attached hydrogens (primary N) is 1. The lowest BCUT2D eigenvalue weighted by Crippen LogP contribution is -2.26. The predicted molar refractivity (Wildman–Crippen MR) is 69.3 cm³/mol. The first-order chi connectivity index (χ1) is 6.74. The van der Waals surface area contributed by atoms with Crippen molar-refractivity contribution in [2.45, 2.75) is 19.0 Å². The van der Waals surface area contributed by atoms with Crippen LogP contribution in [0.3, 0.4) is 0 Å². The Bertz CT molecular complexity index is 319. The number of benzene rings is 1. The van der Waals surface area contributed by atoms with E-state index in [9.17, 15) is 0 Å². The second-order valence-electron chi connectivity index (χ2n) is 3.91. The smallest absolute Gasteiger partial charge is 0.0234 e. The molecule has 1 fully saturated rings. The maximum Gasteiger partial charge on any atom is 0.0234 e. The summed E-state index contributed by atoms with van der Waals surface area (Å²) in [5, 5.41) is 0. The lowest BCUT2D eigenvalue weighted by molar-refractivity contribution is 0.327. The first-order valence-electron chi connectivity index (χ1n) is 4.96. The zero-order valence-electron chi connectivity index (χ0n) is 8.53. The zero-order chi connectivity index (χ0) is 9.97. The molecule has 0 bridgehead atoms. The topological polar surface area (TPSA) is 29.3 Å². The molecule has 1 aliphatic rings. The van der Waals surface area contributed by atoms with E-state index >= 15 is 0 Å². The van der Waals surface area contributed by atoms with Crippen LogP contribution in [0.15, 0.2) is 28.7 Å². The number of likely N-dealkylation sites (tertiary alicyclic amines) is 1. The lowest BCUT2D eigenvalue weighted by Gasteiger charge is -2.15. The summed E-state index contributed by atoms with van der Waals surface area (Å²) < 4.78 is 1.15. The number of nitrogens with zero attached hydrogens (tertiary/aromatic N) is 1. The minimum absolute atomic E-state index is 0. The zero-order valence-corrected chi connectivity index (χ0v) is 10.9. The van der Waals surface area contributed by atoms with Crippen molar-refractivity contribution in [2.75, 3.05) is 13.1 Å². The lowest BCUT2D eigenvalue weighted by atomic mass is 10.2. The van der Waals surface area contributed by atoms with Crippen LogP contribution in [-0.4, -0.2) is 24.0 Å². The summed E-state index contributed by atoms with van der Waals surface area (Å²) in [5.74, 6) is 0. The molecule has 1 aliphatic heterocycles. The minimum atomic E-state index is 0. The largest absolute Gasteiger partial charge is 0.326 e. The Labute approximate surface area is 105 Å². The molecule has 0 aromatic heterocycles.